The SMILES string of the molecule is COC(C)(C)CNC(=O)c1cc(N)cn1C. The molecule has 0 saturated carbocycles. The maximum atomic E-state index is 11.8. The van der Waals surface area contributed by atoms with Gasteiger partial charge in [-0.3, -0.25) is 4.79 Å². The molecule has 0 spiro atoms. The number of carbonyl (C=O) groups is 1. The highest BCUT2D eigenvalue weighted by Crippen LogP contribution is 2.09. The van der Waals surface area contributed by atoms with Crippen LogP contribution in [0.2, 0.25) is 0 Å². The zero-order valence-electron chi connectivity index (χ0n) is 10.2. The van der Waals surface area contributed by atoms with Gasteiger partial charge in [0.05, 0.1) is 11.3 Å². The molecule has 0 fully saturated rings. The zero-order chi connectivity index (χ0) is 12.3. The molecule has 0 atom stereocenters. The molecule has 0 aliphatic rings. The molecule has 0 saturated heterocycles. The molecule has 1 aromatic heterocycles. The average molecular weight is 225 g/mol. The summed E-state index contributed by atoms with van der Waals surface area (Å²) in [6, 6.07) is 1.65. The van der Waals surface area contributed by atoms with Gasteiger partial charge < -0.3 is 20.4 Å². The van der Waals surface area contributed by atoms with Gasteiger partial charge in [0.1, 0.15) is 5.69 Å². The number of rotatable bonds is 4. The number of aryl methyl sites for hydroxylation is 1. The van der Waals surface area contributed by atoms with Crippen molar-refractivity contribution in [3.63, 3.8) is 0 Å². The highest BCUT2D eigenvalue weighted by molar-refractivity contribution is 5.93. The van der Waals surface area contributed by atoms with E-state index in [1.165, 1.54) is 0 Å². The van der Waals surface area contributed by atoms with Crippen LogP contribution in [0.1, 0.15) is 24.3 Å². The van der Waals surface area contributed by atoms with E-state index in [9.17, 15) is 4.79 Å². The first-order valence-electron chi connectivity index (χ1n) is 5.11. The number of hydrogen-bond donors (Lipinski definition) is 2. The first-order valence-corrected chi connectivity index (χ1v) is 5.11. The second-order valence-electron chi connectivity index (χ2n) is 4.42. The fourth-order valence-corrected chi connectivity index (χ4v) is 1.27. The fourth-order valence-electron chi connectivity index (χ4n) is 1.27. The first-order chi connectivity index (χ1) is 7.35. The Kier molecular flexibility index (Phi) is 3.59. The molecule has 3 N–H and O–H groups in total. The molecule has 0 aromatic carbocycles. The van der Waals surface area contributed by atoms with Crippen LogP contribution in [0.3, 0.4) is 0 Å². The molecule has 0 aliphatic carbocycles. The third-order valence-corrected chi connectivity index (χ3v) is 2.49. The predicted molar refractivity (Wildman–Crippen MR) is 63.2 cm³/mol. The number of hydrogen-bond acceptors (Lipinski definition) is 3. The topological polar surface area (TPSA) is 69.3 Å². The minimum absolute atomic E-state index is 0.149. The van der Waals surface area contributed by atoms with Crippen molar-refractivity contribution < 1.29 is 9.53 Å². The van der Waals surface area contributed by atoms with Gasteiger partial charge in [-0.1, -0.05) is 0 Å². The molecular formula is C11H19N3O2. The van der Waals surface area contributed by atoms with Crippen LogP contribution < -0.4 is 11.1 Å². The van der Waals surface area contributed by atoms with Crippen LogP contribution >= 0.6 is 0 Å². The third kappa shape index (κ3) is 3.00. The van der Waals surface area contributed by atoms with Gasteiger partial charge >= 0.3 is 0 Å². The molecule has 0 unspecified atom stereocenters. The molecule has 16 heavy (non-hydrogen) atoms. The summed E-state index contributed by atoms with van der Waals surface area (Å²) >= 11 is 0. The summed E-state index contributed by atoms with van der Waals surface area (Å²) in [6.07, 6.45) is 1.70. The van der Waals surface area contributed by atoms with Gasteiger partial charge in [0.25, 0.3) is 5.91 Å². The average Bonchev–Trinajstić information content (AvgIpc) is 2.54. The molecule has 0 radical (unpaired) electrons. The van der Waals surface area contributed by atoms with Gasteiger partial charge in [-0.25, -0.2) is 0 Å². The summed E-state index contributed by atoms with van der Waals surface area (Å²) in [4.78, 5) is 11.8. The van der Waals surface area contributed by atoms with Crippen molar-refractivity contribution in [1.82, 2.24) is 9.88 Å². The van der Waals surface area contributed by atoms with Crippen LogP contribution in [0.5, 0.6) is 0 Å². The Hall–Kier alpha value is -1.49. The highest BCUT2D eigenvalue weighted by atomic mass is 16.5. The van der Waals surface area contributed by atoms with Gasteiger partial charge in [0.15, 0.2) is 0 Å². The van der Waals surface area contributed by atoms with E-state index in [1.54, 1.807) is 31.0 Å². The predicted octanol–water partition coefficient (Wildman–Crippen LogP) is 0.762. The molecular weight excluding hydrogens is 206 g/mol. The molecule has 1 heterocycles. The summed E-state index contributed by atoms with van der Waals surface area (Å²) in [5.74, 6) is -0.149. The van der Waals surface area contributed by atoms with Crippen LogP contribution in [0.25, 0.3) is 0 Å². The van der Waals surface area contributed by atoms with Crippen molar-refractivity contribution in [3.05, 3.63) is 18.0 Å². The third-order valence-electron chi connectivity index (χ3n) is 2.49. The van der Waals surface area contributed by atoms with Crippen LogP contribution in [0.4, 0.5) is 5.69 Å². The van der Waals surface area contributed by atoms with Crippen LogP contribution in [-0.2, 0) is 11.8 Å². The lowest BCUT2D eigenvalue weighted by Crippen LogP contribution is -2.40. The van der Waals surface area contributed by atoms with Gasteiger partial charge in [-0.15, -0.1) is 0 Å². The number of methoxy groups -OCH3 is 1. The highest BCUT2D eigenvalue weighted by Gasteiger charge is 2.19. The van der Waals surface area contributed by atoms with Crippen LogP contribution in [-0.4, -0.2) is 29.7 Å². The largest absolute Gasteiger partial charge is 0.397 e. The Morgan fingerprint density at radius 2 is 2.25 bits per heavy atom. The van der Waals surface area contributed by atoms with Crippen molar-refractivity contribution >= 4 is 11.6 Å². The Labute approximate surface area is 95.6 Å². The van der Waals surface area contributed by atoms with E-state index in [0.717, 1.165) is 0 Å². The van der Waals surface area contributed by atoms with Gasteiger partial charge in [0, 0.05) is 26.9 Å². The summed E-state index contributed by atoms with van der Waals surface area (Å²) in [7, 11) is 3.40. The minimum Gasteiger partial charge on any atom is -0.397 e. The zero-order valence-corrected chi connectivity index (χ0v) is 10.2. The van der Waals surface area contributed by atoms with E-state index in [4.69, 9.17) is 10.5 Å². The molecule has 5 heteroatoms. The Morgan fingerprint density at radius 1 is 1.62 bits per heavy atom. The van der Waals surface area contributed by atoms with Crippen molar-refractivity contribution in [1.29, 1.82) is 0 Å². The number of nitrogens with two attached hydrogens (primary N) is 1. The molecule has 1 aromatic rings. The number of nitrogen functional groups attached to an aromatic ring is 1. The van der Waals surface area contributed by atoms with E-state index in [2.05, 4.69) is 5.32 Å². The number of aromatic nitrogens is 1. The lowest BCUT2D eigenvalue weighted by molar-refractivity contribution is 0.0228. The Bertz CT molecular complexity index is 383. The van der Waals surface area contributed by atoms with Crippen molar-refractivity contribution in [3.8, 4) is 0 Å². The van der Waals surface area contributed by atoms with Gasteiger partial charge in [-0.2, -0.15) is 0 Å². The fraction of sp³-hybridized carbons (Fsp3) is 0.545. The van der Waals surface area contributed by atoms with Gasteiger partial charge in [0.2, 0.25) is 0 Å². The maximum absolute atomic E-state index is 11.8. The number of nitrogens with one attached hydrogen (secondary N) is 1. The number of ether oxygens (including phenoxy) is 1. The first kappa shape index (κ1) is 12.6. The maximum Gasteiger partial charge on any atom is 0.268 e. The van der Waals surface area contributed by atoms with E-state index < -0.39 is 0 Å². The molecule has 0 bridgehead atoms. The number of amides is 1. The minimum atomic E-state index is -0.369. The van der Waals surface area contributed by atoms with Crippen LogP contribution in [0, 0.1) is 0 Å². The lowest BCUT2D eigenvalue weighted by Gasteiger charge is -2.23. The number of nitrogens with zero attached hydrogens (tertiary/aromatic N) is 1. The quantitative estimate of drug-likeness (QED) is 0.795. The van der Waals surface area contributed by atoms with Crippen molar-refractivity contribution in [2.75, 3.05) is 19.4 Å². The second kappa shape index (κ2) is 4.57. The van der Waals surface area contributed by atoms with Crippen LogP contribution in [0.15, 0.2) is 12.3 Å². The van der Waals surface area contributed by atoms with Gasteiger partial charge in [-0.05, 0) is 19.9 Å². The van der Waals surface area contributed by atoms with E-state index >= 15 is 0 Å². The molecule has 90 valence electrons. The Morgan fingerprint density at radius 3 is 2.69 bits per heavy atom. The summed E-state index contributed by atoms with van der Waals surface area (Å²) in [5.41, 5.74) is 6.36. The normalized spacial score (nSPS) is 11.5. The smallest absolute Gasteiger partial charge is 0.268 e. The molecule has 1 amide bonds. The number of carbonyl (C=O) groups excluding carboxylic acids is 1. The second-order valence-corrected chi connectivity index (χ2v) is 4.42. The number of anilines is 1. The molecule has 5 nitrogen and oxygen atoms in total. The van der Waals surface area contributed by atoms with E-state index in [1.807, 2.05) is 13.8 Å². The van der Waals surface area contributed by atoms with E-state index in [-0.39, 0.29) is 11.5 Å². The molecule has 0 aliphatic heterocycles. The lowest BCUT2D eigenvalue weighted by atomic mass is 10.1. The standard InChI is InChI=1S/C11H19N3O2/c1-11(2,16-4)7-13-10(15)9-5-8(12)6-14(9)3/h5-6H,7,12H2,1-4H3,(H,13,15). The summed E-state index contributed by atoms with van der Waals surface area (Å²) < 4.78 is 6.91. The van der Waals surface area contributed by atoms with E-state index in [0.29, 0.717) is 17.9 Å². The monoisotopic (exact) mass is 225 g/mol. The van der Waals surface area contributed by atoms with Crippen molar-refractivity contribution in [2.45, 2.75) is 19.4 Å². The summed E-state index contributed by atoms with van der Waals surface area (Å²) in [6.45, 7) is 4.27. The Balaban J connectivity index is 2.63. The molecule has 1 rings (SSSR count). The summed E-state index contributed by atoms with van der Waals surface area (Å²) in [5, 5.41) is 2.80. The van der Waals surface area contributed by atoms with Crippen molar-refractivity contribution in [2.24, 2.45) is 7.05 Å².